The normalized spacial score (nSPS) is 13.4. The number of fused-ring (bicyclic) bond motifs is 1. The highest BCUT2D eigenvalue weighted by molar-refractivity contribution is 7.53. The molecule has 2 aromatic rings. The van der Waals surface area contributed by atoms with Gasteiger partial charge in [-0.3, -0.25) is 4.57 Å². The molecule has 0 radical (unpaired) electrons. The van der Waals surface area contributed by atoms with Crippen LogP contribution in [0.1, 0.15) is 0 Å². The molecular formula is C9H10F2N5O3P. The van der Waals surface area contributed by atoms with Gasteiger partial charge in [-0.25, -0.2) is 15.0 Å². The van der Waals surface area contributed by atoms with Crippen molar-refractivity contribution in [3.8, 4) is 0 Å². The van der Waals surface area contributed by atoms with Gasteiger partial charge in [0.05, 0.1) is 6.33 Å². The Morgan fingerprint density at radius 1 is 1.40 bits per heavy atom. The van der Waals surface area contributed by atoms with E-state index in [0.29, 0.717) is 11.2 Å². The first-order valence-electron chi connectivity index (χ1n) is 5.25. The minimum absolute atomic E-state index is 0.0947. The zero-order valence-corrected chi connectivity index (χ0v) is 10.8. The van der Waals surface area contributed by atoms with Gasteiger partial charge in [0.1, 0.15) is 11.8 Å². The number of aromatic nitrogens is 4. The van der Waals surface area contributed by atoms with Gasteiger partial charge >= 0.3 is 13.3 Å². The van der Waals surface area contributed by atoms with E-state index < -0.39 is 13.3 Å². The van der Waals surface area contributed by atoms with Crippen LogP contribution in [0.15, 0.2) is 24.8 Å². The molecule has 108 valence electrons. The summed E-state index contributed by atoms with van der Waals surface area (Å²) < 4.78 is 38.0. The lowest BCUT2D eigenvalue weighted by Gasteiger charge is -2.12. The van der Waals surface area contributed by atoms with Crippen LogP contribution in [0.3, 0.4) is 0 Å². The van der Waals surface area contributed by atoms with Crippen LogP contribution in [0, 0.1) is 0 Å². The summed E-state index contributed by atoms with van der Waals surface area (Å²) in [7, 11) is -5.52. The number of rotatable bonds is 4. The topological polar surface area (TPSA) is 127 Å². The van der Waals surface area contributed by atoms with Crippen LogP contribution < -0.4 is 5.73 Å². The molecule has 8 nitrogen and oxygen atoms in total. The first-order chi connectivity index (χ1) is 9.22. The van der Waals surface area contributed by atoms with E-state index in [4.69, 9.17) is 15.5 Å². The maximum atomic E-state index is 13.0. The van der Waals surface area contributed by atoms with E-state index in [0.717, 1.165) is 6.08 Å². The van der Waals surface area contributed by atoms with E-state index in [-0.39, 0.29) is 18.4 Å². The molecule has 2 aromatic heterocycles. The Hall–Kier alpha value is -1.90. The molecule has 0 amide bonds. The molecule has 0 bridgehead atoms. The minimum Gasteiger partial charge on any atom is -0.382 e. The molecule has 20 heavy (non-hydrogen) atoms. The molecule has 0 aliphatic carbocycles. The lowest BCUT2D eigenvalue weighted by molar-refractivity contribution is 0.108. The number of alkyl halides is 2. The summed E-state index contributed by atoms with van der Waals surface area (Å²) in [6, 6.07) is 0. The molecule has 0 saturated carbocycles. The van der Waals surface area contributed by atoms with Crippen LogP contribution in [-0.4, -0.2) is 35.0 Å². The Balaban J connectivity index is 2.22. The van der Waals surface area contributed by atoms with Crippen molar-refractivity contribution in [1.82, 2.24) is 19.5 Å². The molecular weight excluding hydrogens is 295 g/mol. The van der Waals surface area contributed by atoms with Crippen molar-refractivity contribution in [2.24, 2.45) is 0 Å². The average molecular weight is 305 g/mol. The number of imidazole rings is 1. The van der Waals surface area contributed by atoms with E-state index in [2.05, 4.69) is 15.0 Å². The third-order valence-corrected chi connectivity index (χ3v) is 3.36. The number of nitrogen functional groups attached to an aromatic ring is 1. The molecule has 2 rings (SSSR count). The molecule has 0 spiro atoms. The van der Waals surface area contributed by atoms with Crippen LogP contribution in [0.5, 0.6) is 0 Å². The van der Waals surface area contributed by atoms with Crippen LogP contribution in [0.2, 0.25) is 0 Å². The molecule has 0 fully saturated rings. The molecule has 0 unspecified atom stereocenters. The second-order valence-electron chi connectivity index (χ2n) is 3.86. The number of halogens is 2. The second kappa shape index (κ2) is 4.89. The van der Waals surface area contributed by atoms with Crippen molar-refractivity contribution < 1.29 is 23.1 Å². The average Bonchev–Trinajstić information content (AvgIpc) is 2.72. The zero-order valence-electron chi connectivity index (χ0n) is 9.89. The van der Waals surface area contributed by atoms with Crippen LogP contribution in [0.4, 0.5) is 14.6 Å². The fourth-order valence-electron chi connectivity index (χ4n) is 1.44. The summed E-state index contributed by atoms with van der Waals surface area (Å²) >= 11 is 0. The fourth-order valence-corrected chi connectivity index (χ4v) is 1.74. The number of nitrogens with zero attached hydrogens (tertiary/aromatic N) is 4. The summed E-state index contributed by atoms with van der Waals surface area (Å²) in [6.07, 6.45) is 3.59. The molecule has 0 aromatic carbocycles. The fraction of sp³-hybridized carbons (Fsp3) is 0.222. The Morgan fingerprint density at radius 2 is 2.10 bits per heavy atom. The maximum absolute atomic E-state index is 13.0. The monoisotopic (exact) mass is 305 g/mol. The number of hydrogen-bond acceptors (Lipinski definition) is 5. The molecule has 4 N–H and O–H groups in total. The van der Waals surface area contributed by atoms with Crippen molar-refractivity contribution in [2.45, 2.75) is 12.2 Å². The van der Waals surface area contributed by atoms with Crippen molar-refractivity contribution in [2.75, 3.05) is 5.73 Å². The molecule has 2 heterocycles. The summed E-state index contributed by atoms with van der Waals surface area (Å²) in [5, 5.41) is 0. The van der Waals surface area contributed by atoms with Gasteiger partial charge in [0.15, 0.2) is 11.5 Å². The summed E-state index contributed by atoms with van der Waals surface area (Å²) in [5.74, 6) is 0.151. The third kappa shape index (κ3) is 2.67. The van der Waals surface area contributed by atoms with Crippen LogP contribution in [0.25, 0.3) is 11.2 Å². The maximum Gasteiger partial charge on any atom is 0.398 e. The Labute approximate surface area is 111 Å². The highest BCUT2D eigenvalue weighted by atomic mass is 31.2. The Kier molecular flexibility index (Phi) is 3.55. The van der Waals surface area contributed by atoms with E-state index >= 15 is 0 Å². The van der Waals surface area contributed by atoms with E-state index in [1.807, 2.05) is 0 Å². The van der Waals surface area contributed by atoms with Gasteiger partial charge in [-0.1, -0.05) is 6.08 Å². The minimum atomic E-state index is -5.52. The largest absolute Gasteiger partial charge is 0.398 e. The Bertz CT molecular complexity index is 711. The van der Waals surface area contributed by atoms with Gasteiger partial charge in [-0.2, -0.15) is 8.78 Å². The van der Waals surface area contributed by atoms with E-state index in [1.165, 1.54) is 17.2 Å². The lowest BCUT2D eigenvalue weighted by Crippen LogP contribution is -2.12. The standard InChI is InChI=1S/C9H10F2N5O3P/c10-9(11,20(17,18)19)2-1-3-16-5-15-6-7(12)13-4-14-8(6)16/h1-2,4-5H,3H2,(H2,12,13,14)(H2,17,18,19). The predicted octanol–water partition coefficient (Wildman–Crippen LogP) is 0.735. The Morgan fingerprint density at radius 3 is 2.75 bits per heavy atom. The number of allylic oxidation sites excluding steroid dienone is 2. The van der Waals surface area contributed by atoms with Crippen LogP contribution in [-0.2, 0) is 11.1 Å². The predicted molar refractivity (Wildman–Crippen MR) is 65.9 cm³/mol. The summed E-state index contributed by atoms with van der Waals surface area (Å²) in [5.41, 5.74) is 2.00. The van der Waals surface area contributed by atoms with Gasteiger partial charge in [-0.05, 0) is 6.08 Å². The van der Waals surface area contributed by atoms with Crippen molar-refractivity contribution in [3.63, 3.8) is 0 Å². The first-order valence-corrected chi connectivity index (χ1v) is 6.86. The van der Waals surface area contributed by atoms with Gasteiger partial charge in [-0.15, -0.1) is 0 Å². The van der Waals surface area contributed by atoms with Gasteiger partial charge in [0, 0.05) is 6.54 Å². The quantitative estimate of drug-likeness (QED) is 0.561. The van der Waals surface area contributed by atoms with E-state index in [1.54, 1.807) is 0 Å². The molecule has 0 atom stereocenters. The van der Waals surface area contributed by atoms with Crippen LogP contribution >= 0.6 is 7.60 Å². The van der Waals surface area contributed by atoms with Crippen molar-refractivity contribution >= 4 is 24.6 Å². The summed E-state index contributed by atoms with van der Waals surface area (Å²) in [6.45, 7) is -0.0947. The lowest BCUT2D eigenvalue weighted by atomic mass is 10.4. The molecule has 11 heteroatoms. The molecule has 0 aliphatic rings. The van der Waals surface area contributed by atoms with E-state index in [9.17, 15) is 13.3 Å². The smallest absolute Gasteiger partial charge is 0.382 e. The molecule has 0 saturated heterocycles. The molecule has 0 aliphatic heterocycles. The highest BCUT2D eigenvalue weighted by Crippen LogP contribution is 2.53. The number of nitrogens with two attached hydrogens (primary N) is 1. The van der Waals surface area contributed by atoms with Gasteiger partial charge in [0.2, 0.25) is 0 Å². The first kappa shape index (κ1) is 14.5. The van der Waals surface area contributed by atoms with Crippen molar-refractivity contribution in [1.29, 1.82) is 0 Å². The number of hydrogen-bond donors (Lipinski definition) is 3. The van der Waals surface area contributed by atoms with Gasteiger partial charge < -0.3 is 20.1 Å². The van der Waals surface area contributed by atoms with Gasteiger partial charge in [0.25, 0.3) is 0 Å². The number of anilines is 1. The SMILES string of the molecule is Nc1ncnc2c1ncn2CC=CC(F)(F)P(=O)(O)O. The highest BCUT2D eigenvalue weighted by Gasteiger charge is 2.45. The third-order valence-electron chi connectivity index (χ3n) is 2.44. The summed E-state index contributed by atoms with van der Waals surface area (Å²) in [4.78, 5) is 28.5. The zero-order chi connectivity index (χ0) is 15.0. The second-order valence-corrected chi connectivity index (χ2v) is 5.55. The van der Waals surface area contributed by atoms with Crippen molar-refractivity contribution in [3.05, 3.63) is 24.8 Å².